The fourth-order valence-corrected chi connectivity index (χ4v) is 2.52. The summed E-state index contributed by atoms with van der Waals surface area (Å²) < 4.78 is 24.5. The zero-order valence-corrected chi connectivity index (χ0v) is 15.5. The van der Waals surface area contributed by atoms with Crippen molar-refractivity contribution in [1.82, 2.24) is 4.90 Å². The van der Waals surface area contributed by atoms with Crippen molar-refractivity contribution < 1.29 is 23.5 Å². The van der Waals surface area contributed by atoms with Crippen LogP contribution in [0.3, 0.4) is 0 Å². The Balaban J connectivity index is 2.07. The summed E-state index contributed by atoms with van der Waals surface area (Å²) in [5, 5.41) is 0.247. The maximum absolute atomic E-state index is 13.8. The molecule has 0 aliphatic carbocycles. The number of carbonyl (C=O) groups excluding carboxylic acids is 2. The van der Waals surface area contributed by atoms with Crippen molar-refractivity contribution in [1.29, 1.82) is 0 Å². The molecule has 0 fully saturated rings. The number of Topliss-reactive ketones (excluding diaryl/α,β-unsaturated/α-hetero) is 1. The number of benzene rings is 2. The third-order valence-electron chi connectivity index (χ3n) is 3.80. The maximum atomic E-state index is 13.8. The van der Waals surface area contributed by atoms with E-state index in [2.05, 4.69) is 0 Å². The summed E-state index contributed by atoms with van der Waals surface area (Å²) in [6.07, 6.45) is 0. The van der Waals surface area contributed by atoms with Gasteiger partial charge in [-0.2, -0.15) is 0 Å². The number of carbonyl (C=O) groups is 2. The number of hydrogen-bond acceptors (Lipinski definition) is 4. The van der Waals surface area contributed by atoms with Gasteiger partial charge in [-0.25, -0.2) is 4.39 Å². The zero-order valence-electron chi connectivity index (χ0n) is 14.7. The summed E-state index contributed by atoms with van der Waals surface area (Å²) in [6, 6.07) is 9.09. The van der Waals surface area contributed by atoms with Crippen molar-refractivity contribution in [2.45, 2.75) is 13.5 Å². The van der Waals surface area contributed by atoms with Crippen LogP contribution in [0, 0.1) is 5.82 Å². The minimum atomic E-state index is -0.482. The lowest BCUT2D eigenvalue weighted by molar-refractivity contribution is -0.132. The number of methoxy groups -OCH3 is 1. The summed E-state index contributed by atoms with van der Waals surface area (Å²) in [6.45, 7) is 1.10. The van der Waals surface area contributed by atoms with Gasteiger partial charge in [0.15, 0.2) is 12.4 Å². The lowest BCUT2D eigenvalue weighted by Crippen LogP contribution is -2.31. The van der Waals surface area contributed by atoms with Gasteiger partial charge in [-0.1, -0.05) is 17.7 Å². The summed E-state index contributed by atoms with van der Waals surface area (Å²) in [5.41, 5.74) is 0.578. The fraction of sp³-hybridized carbons (Fsp3) is 0.263. The van der Waals surface area contributed by atoms with Gasteiger partial charge in [0.25, 0.3) is 5.91 Å². The number of nitrogens with zero attached hydrogens (tertiary/aromatic N) is 1. The van der Waals surface area contributed by atoms with Crippen LogP contribution in [0.2, 0.25) is 5.02 Å². The van der Waals surface area contributed by atoms with Crippen LogP contribution in [0.25, 0.3) is 0 Å². The molecular formula is C19H19ClFNO4. The number of rotatable bonds is 7. The quantitative estimate of drug-likeness (QED) is 0.688. The van der Waals surface area contributed by atoms with E-state index >= 15 is 0 Å². The van der Waals surface area contributed by atoms with Gasteiger partial charge in [-0.05, 0) is 31.2 Å². The molecule has 0 spiro atoms. The number of amides is 1. The van der Waals surface area contributed by atoms with Crippen molar-refractivity contribution in [3.8, 4) is 11.5 Å². The lowest BCUT2D eigenvalue weighted by atomic mass is 10.1. The number of ketones is 1. The van der Waals surface area contributed by atoms with E-state index < -0.39 is 5.82 Å². The second kappa shape index (κ2) is 8.67. The van der Waals surface area contributed by atoms with Gasteiger partial charge in [-0.3, -0.25) is 9.59 Å². The van der Waals surface area contributed by atoms with E-state index in [1.54, 1.807) is 18.2 Å². The normalized spacial score (nSPS) is 10.3. The molecule has 5 nitrogen and oxygen atoms in total. The van der Waals surface area contributed by atoms with Crippen LogP contribution in [-0.2, 0) is 11.3 Å². The Morgan fingerprint density at radius 2 is 1.96 bits per heavy atom. The summed E-state index contributed by atoms with van der Waals surface area (Å²) in [7, 11) is 3.01. The van der Waals surface area contributed by atoms with E-state index in [4.69, 9.17) is 21.1 Å². The van der Waals surface area contributed by atoms with E-state index in [9.17, 15) is 14.0 Å². The summed E-state index contributed by atoms with van der Waals surface area (Å²) in [4.78, 5) is 25.3. The van der Waals surface area contributed by atoms with Crippen LogP contribution >= 0.6 is 11.6 Å². The van der Waals surface area contributed by atoms with Crippen LogP contribution in [0.5, 0.6) is 11.5 Å². The highest BCUT2D eigenvalue weighted by Gasteiger charge is 2.17. The van der Waals surface area contributed by atoms with Crippen LogP contribution in [-0.4, -0.2) is 37.4 Å². The Morgan fingerprint density at radius 1 is 1.23 bits per heavy atom. The zero-order chi connectivity index (χ0) is 19.3. The van der Waals surface area contributed by atoms with Gasteiger partial charge < -0.3 is 14.4 Å². The largest absolute Gasteiger partial charge is 0.497 e. The van der Waals surface area contributed by atoms with Crippen LogP contribution < -0.4 is 9.47 Å². The van der Waals surface area contributed by atoms with Gasteiger partial charge in [0, 0.05) is 30.2 Å². The van der Waals surface area contributed by atoms with Crippen molar-refractivity contribution in [2.75, 3.05) is 20.8 Å². The molecule has 26 heavy (non-hydrogen) atoms. The van der Waals surface area contributed by atoms with Crippen LogP contribution in [0.4, 0.5) is 4.39 Å². The first kappa shape index (κ1) is 19.7. The van der Waals surface area contributed by atoms with Gasteiger partial charge >= 0.3 is 0 Å². The van der Waals surface area contributed by atoms with E-state index in [0.717, 1.165) is 0 Å². The second-order valence-electron chi connectivity index (χ2n) is 5.66. The van der Waals surface area contributed by atoms with Crippen molar-refractivity contribution in [3.05, 3.63) is 58.4 Å². The Bertz CT molecular complexity index is 805. The smallest absolute Gasteiger partial charge is 0.260 e. The molecule has 0 saturated carbocycles. The molecule has 138 valence electrons. The second-order valence-corrected chi connectivity index (χ2v) is 6.06. The molecule has 0 radical (unpaired) electrons. The van der Waals surface area contributed by atoms with E-state index in [-0.39, 0.29) is 41.2 Å². The average Bonchev–Trinajstić information content (AvgIpc) is 2.62. The number of likely N-dealkylation sites (N-methyl/N-ethyl adjacent to an activating group) is 1. The Kier molecular flexibility index (Phi) is 6.58. The first-order valence-electron chi connectivity index (χ1n) is 7.82. The van der Waals surface area contributed by atoms with Gasteiger partial charge in [-0.15, -0.1) is 0 Å². The van der Waals surface area contributed by atoms with E-state index in [0.29, 0.717) is 11.3 Å². The van der Waals surface area contributed by atoms with Crippen LogP contribution in [0.1, 0.15) is 22.8 Å². The lowest BCUT2D eigenvalue weighted by Gasteiger charge is -2.19. The van der Waals surface area contributed by atoms with Crippen molar-refractivity contribution in [3.63, 3.8) is 0 Å². The molecule has 2 aromatic rings. The number of halogens is 2. The Hall–Kier alpha value is -2.60. The molecule has 2 aromatic carbocycles. The molecule has 2 rings (SSSR count). The minimum Gasteiger partial charge on any atom is -0.497 e. The number of ether oxygens (including phenoxy) is 2. The SMILES string of the molecule is COc1ccc(C(C)=O)c(OCC(=O)N(C)Cc2c(F)cccc2Cl)c1. The highest BCUT2D eigenvalue weighted by molar-refractivity contribution is 6.31. The monoisotopic (exact) mass is 379 g/mol. The van der Waals surface area contributed by atoms with E-state index in [1.807, 2.05) is 0 Å². The average molecular weight is 380 g/mol. The Morgan fingerprint density at radius 3 is 2.58 bits per heavy atom. The third kappa shape index (κ3) is 4.73. The molecule has 0 N–H and O–H groups in total. The summed E-state index contributed by atoms with van der Waals surface area (Å²) in [5.74, 6) is -0.306. The molecule has 0 aliphatic rings. The van der Waals surface area contributed by atoms with E-state index in [1.165, 1.54) is 44.2 Å². The summed E-state index contributed by atoms with van der Waals surface area (Å²) >= 11 is 5.98. The third-order valence-corrected chi connectivity index (χ3v) is 4.16. The molecule has 0 atom stereocenters. The molecule has 7 heteroatoms. The molecule has 0 aliphatic heterocycles. The minimum absolute atomic E-state index is 0.00533. The highest BCUT2D eigenvalue weighted by atomic mass is 35.5. The molecule has 0 bridgehead atoms. The fourth-order valence-electron chi connectivity index (χ4n) is 2.30. The van der Waals surface area contributed by atoms with Gasteiger partial charge in [0.05, 0.1) is 12.7 Å². The number of hydrogen-bond donors (Lipinski definition) is 0. The van der Waals surface area contributed by atoms with Crippen molar-refractivity contribution >= 4 is 23.3 Å². The van der Waals surface area contributed by atoms with Crippen LogP contribution in [0.15, 0.2) is 36.4 Å². The first-order valence-corrected chi connectivity index (χ1v) is 8.20. The van der Waals surface area contributed by atoms with Crippen molar-refractivity contribution in [2.24, 2.45) is 0 Å². The maximum Gasteiger partial charge on any atom is 0.260 e. The van der Waals surface area contributed by atoms with Gasteiger partial charge in [0.1, 0.15) is 17.3 Å². The highest BCUT2D eigenvalue weighted by Crippen LogP contribution is 2.25. The molecule has 0 unspecified atom stereocenters. The Labute approximate surface area is 156 Å². The first-order chi connectivity index (χ1) is 12.3. The molecule has 0 aromatic heterocycles. The standard InChI is InChI=1S/C19H19ClFNO4/c1-12(23)14-8-7-13(25-3)9-18(14)26-11-19(24)22(2)10-15-16(20)5-4-6-17(15)21/h4-9H,10-11H2,1-3H3. The molecule has 0 heterocycles. The molecule has 1 amide bonds. The van der Waals surface area contributed by atoms with Gasteiger partial charge in [0.2, 0.25) is 0 Å². The topological polar surface area (TPSA) is 55.8 Å². The molecule has 0 saturated heterocycles. The predicted molar refractivity (Wildman–Crippen MR) is 96.4 cm³/mol. The molecular weight excluding hydrogens is 361 g/mol. The predicted octanol–water partition coefficient (Wildman–Crippen LogP) is 3.73.